The first kappa shape index (κ1) is 16.3. The van der Waals surface area contributed by atoms with Crippen molar-refractivity contribution in [2.45, 2.75) is 26.3 Å². The summed E-state index contributed by atoms with van der Waals surface area (Å²) in [6.45, 7) is 4.73. The maximum Gasteiger partial charge on any atom is 0.138 e. The summed E-state index contributed by atoms with van der Waals surface area (Å²) >= 11 is 6.59. The van der Waals surface area contributed by atoms with Crippen molar-refractivity contribution < 1.29 is 0 Å². The highest BCUT2D eigenvalue weighted by atomic mass is 35.5. The van der Waals surface area contributed by atoms with E-state index in [1.165, 1.54) is 6.42 Å². The van der Waals surface area contributed by atoms with Crippen molar-refractivity contribution in [1.29, 1.82) is 0 Å². The van der Waals surface area contributed by atoms with Crippen molar-refractivity contribution in [2.75, 3.05) is 13.1 Å². The highest BCUT2D eigenvalue weighted by Crippen LogP contribution is 2.24. The van der Waals surface area contributed by atoms with Crippen LogP contribution in [-0.2, 0) is 13.0 Å². The molecule has 3 heterocycles. The van der Waals surface area contributed by atoms with E-state index >= 15 is 0 Å². The maximum absolute atomic E-state index is 6.59. The molecule has 0 saturated carbocycles. The van der Waals surface area contributed by atoms with Gasteiger partial charge >= 0.3 is 0 Å². The highest BCUT2D eigenvalue weighted by Gasteiger charge is 2.18. The Morgan fingerprint density at radius 1 is 1.28 bits per heavy atom. The van der Waals surface area contributed by atoms with Crippen LogP contribution < -0.4 is 5.32 Å². The molecule has 1 aliphatic rings. The van der Waals surface area contributed by atoms with Gasteiger partial charge in [-0.05, 0) is 50.9 Å². The molecule has 1 fully saturated rings. The van der Waals surface area contributed by atoms with Crippen molar-refractivity contribution in [3.8, 4) is 5.69 Å². The Balaban J connectivity index is 1.53. The van der Waals surface area contributed by atoms with E-state index in [-0.39, 0.29) is 0 Å². The van der Waals surface area contributed by atoms with Gasteiger partial charge in [0.2, 0.25) is 0 Å². The van der Waals surface area contributed by atoms with Crippen LogP contribution >= 0.6 is 11.6 Å². The molecule has 7 heteroatoms. The fraction of sp³-hybridized carbons (Fsp3) is 0.389. The number of aromatic nitrogens is 5. The van der Waals surface area contributed by atoms with E-state index in [1.807, 2.05) is 48.1 Å². The number of halogens is 1. The third-order valence-electron chi connectivity index (χ3n) is 4.69. The molecule has 1 atom stereocenters. The SMILES string of the molecule is Cc1nn(-c2ccccc2)c(Cl)c1Cn1cc(CC2CCNC2)nn1. The molecule has 0 aliphatic carbocycles. The summed E-state index contributed by atoms with van der Waals surface area (Å²) in [4.78, 5) is 0. The average molecular weight is 357 g/mol. The Bertz CT molecular complexity index is 848. The Morgan fingerprint density at radius 3 is 2.88 bits per heavy atom. The molecular weight excluding hydrogens is 336 g/mol. The van der Waals surface area contributed by atoms with Crippen LogP contribution in [0, 0.1) is 12.8 Å². The van der Waals surface area contributed by atoms with E-state index in [4.69, 9.17) is 11.6 Å². The van der Waals surface area contributed by atoms with E-state index < -0.39 is 0 Å². The molecule has 25 heavy (non-hydrogen) atoms. The fourth-order valence-corrected chi connectivity index (χ4v) is 3.64. The Morgan fingerprint density at radius 2 is 2.12 bits per heavy atom. The molecule has 1 N–H and O–H groups in total. The van der Waals surface area contributed by atoms with Crippen molar-refractivity contribution in [1.82, 2.24) is 30.1 Å². The quantitative estimate of drug-likeness (QED) is 0.763. The van der Waals surface area contributed by atoms with Crippen LogP contribution in [0.15, 0.2) is 36.5 Å². The summed E-state index contributed by atoms with van der Waals surface area (Å²) in [7, 11) is 0. The largest absolute Gasteiger partial charge is 0.316 e. The second-order valence-corrected chi connectivity index (χ2v) is 6.93. The minimum absolute atomic E-state index is 0.577. The molecule has 6 nitrogen and oxygen atoms in total. The zero-order valence-electron chi connectivity index (χ0n) is 14.2. The smallest absolute Gasteiger partial charge is 0.138 e. The lowest BCUT2D eigenvalue weighted by Gasteiger charge is -2.04. The van der Waals surface area contributed by atoms with Gasteiger partial charge in [-0.2, -0.15) is 5.10 Å². The topological polar surface area (TPSA) is 60.6 Å². The Labute approximate surface area is 151 Å². The molecule has 0 bridgehead atoms. The van der Waals surface area contributed by atoms with Crippen LogP contribution in [0.4, 0.5) is 0 Å². The Kier molecular flexibility index (Phi) is 4.55. The summed E-state index contributed by atoms with van der Waals surface area (Å²) < 4.78 is 3.62. The van der Waals surface area contributed by atoms with Gasteiger partial charge in [0.25, 0.3) is 0 Å². The lowest BCUT2D eigenvalue weighted by molar-refractivity contribution is 0.570. The molecule has 0 radical (unpaired) electrons. The van der Waals surface area contributed by atoms with Gasteiger partial charge in [-0.15, -0.1) is 5.10 Å². The third-order valence-corrected chi connectivity index (χ3v) is 5.08. The first-order valence-corrected chi connectivity index (χ1v) is 8.97. The van der Waals surface area contributed by atoms with E-state index in [9.17, 15) is 0 Å². The van der Waals surface area contributed by atoms with Crippen LogP contribution in [0.2, 0.25) is 5.15 Å². The van der Waals surface area contributed by atoms with Gasteiger partial charge in [0.1, 0.15) is 5.15 Å². The molecule has 4 rings (SSSR count). The van der Waals surface area contributed by atoms with Crippen LogP contribution in [0.1, 0.15) is 23.4 Å². The number of hydrogen-bond acceptors (Lipinski definition) is 4. The van der Waals surface area contributed by atoms with E-state index in [1.54, 1.807) is 4.68 Å². The van der Waals surface area contributed by atoms with Crippen LogP contribution in [0.25, 0.3) is 5.69 Å². The van der Waals surface area contributed by atoms with Gasteiger partial charge in [-0.25, -0.2) is 9.36 Å². The summed E-state index contributed by atoms with van der Waals surface area (Å²) in [6, 6.07) is 9.91. The summed E-state index contributed by atoms with van der Waals surface area (Å²) in [6.07, 6.45) is 4.21. The molecule has 3 aromatic rings. The molecule has 1 unspecified atom stereocenters. The van der Waals surface area contributed by atoms with Crippen LogP contribution in [0.5, 0.6) is 0 Å². The van der Waals surface area contributed by atoms with Crippen LogP contribution in [-0.4, -0.2) is 37.9 Å². The number of nitrogens with zero attached hydrogens (tertiary/aromatic N) is 5. The lowest BCUT2D eigenvalue weighted by atomic mass is 10.0. The highest BCUT2D eigenvalue weighted by molar-refractivity contribution is 6.30. The second kappa shape index (κ2) is 6.98. The maximum atomic E-state index is 6.59. The number of para-hydroxylation sites is 1. The number of hydrogen-bond donors (Lipinski definition) is 1. The van der Waals surface area contributed by atoms with Gasteiger partial charge in [-0.3, -0.25) is 0 Å². The summed E-state index contributed by atoms with van der Waals surface area (Å²) in [5.41, 5.74) is 3.88. The monoisotopic (exact) mass is 356 g/mol. The van der Waals surface area contributed by atoms with Gasteiger partial charge in [-0.1, -0.05) is 35.0 Å². The van der Waals surface area contributed by atoms with Gasteiger partial charge < -0.3 is 5.32 Å². The van der Waals surface area contributed by atoms with E-state index in [0.717, 1.165) is 42.1 Å². The van der Waals surface area contributed by atoms with Crippen molar-refractivity contribution in [3.63, 3.8) is 0 Å². The predicted octanol–water partition coefficient (Wildman–Crippen LogP) is 2.63. The first-order chi connectivity index (χ1) is 12.2. The number of rotatable bonds is 5. The minimum atomic E-state index is 0.577. The second-order valence-electron chi connectivity index (χ2n) is 6.57. The van der Waals surface area contributed by atoms with Gasteiger partial charge in [0.15, 0.2) is 0 Å². The molecule has 0 amide bonds. The molecule has 0 spiro atoms. The molecule has 1 saturated heterocycles. The Hall–Kier alpha value is -2.18. The minimum Gasteiger partial charge on any atom is -0.316 e. The van der Waals surface area contributed by atoms with E-state index in [2.05, 4.69) is 20.7 Å². The number of nitrogens with one attached hydrogen (secondary N) is 1. The van der Waals surface area contributed by atoms with E-state index in [0.29, 0.717) is 17.6 Å². The summed E-state index contributed by atoms with van der Waals surface area (Å²) in [5, 5.41) is 17.2. The van der Waals surface area contributed by atoms with Crippen molar-refractivity contribution >= 4 is 11.6 Å². The van der Waals surface area contributed by atoms with Crippen molar-refractivity contribution in [2.24, 2.45) is 5.92 Å². The molecule has 1 aromatic carbocycles. The molecule has 130 valence electrons. The predicted molar refractivity (Wildman–Crippen MR) is 97.1 cm³/mol. The molecule has 1 aliphatic heterocycles. The molecular formula is C18H21ClN6. The van der Waals surface area contributed by atoms with Gasteiger partial charge in [0.05, 0.1) is 23.6 Å². The van der Waals surface area contributed by atoms with Crippen molar-refractivity contribution in [3.05, 3.63) is 58.6 Å². The summed E-state index contributed by atoms with van der Waals surface area (Å²) in [5.74, 6) is 0.663. The number of aryl methyl sites for hydroxylation is 1. The zero-order valence-corrected chi connectivity index (χ0v) is 14.9. The zero-order chi connectivity index (χ0) is 17.2. The standard InChI is InChI=1S/C18H21ClN6/c1-13-17(18(19)25(22-13)16-5-3-2-4-6-16)12-24-11-15(21-23-24)9-14-7-8-20-10-14/h2-6,11,14,20H,7-10,12H2,1H3. The van der Waals surface area contributed by atoms with Crippen LogP contribution in [0.3, 0.4) is 0 Å². The fourth-order valence-electron chi connectivity index (χ4n) is 3.31. The van der Waals surface area contributed by atoms with Gasteiger partial charge in [0, 0.05) is 11.8 Å². The average Bonchev–Trinajstić information content (AvgIpc) is 3.35. The lowest BCUT2D eigenvalue weighted by Crippen LogP contribution is -2.10. The first-order valence-electron chi connectivity index (χ1n) is 8.60. The molecule has 2 aromatic heterocycles. The number of benzene rings is 1. The normalized spacial score (nSPS) is 17.3. The third kappa shape index (κ3) is 3.45.